The Bertz CT molecular complexity index is 661. The van der Waals surface area contributed by atoms with Gasteiger partial charge in [-0.2, -0.15) is 0 Å². The molecule has 0 radical (unpaired) electrons. The molecule has 0 amide bonds. The molecule has 2 aromatic rings. The second-order valence-electron chi connectivity index (χ2n) is 4.60. The molecule has 0 bridgehead atoms. The van der Waals surface area contributed by atoms with Gasteiger partial charge < -0.3 is 4.74 Å². The monoisotopic (exact) mass is 291 g/mol. The molecule has 0 heterocycles. The molecule has 0 aliphatic carbocycles. The van der Waals surface area contributed by atoms with Crippen molar-refractivity contribution in [3.63, 3.8) is 0 Å². The quantitative estimate of drug-likeness (QED) is 0.921. The number of rotatable bonds is 5. The van der Waals surface area contributed by atoms with Gasteiger partial charge in [0.25, 0.3) is 0 Å². The van der Waals surface area contributed by atoms with Gasteiger partial charge in [-0.1, -0.05) is 24.3 Å². The lowest BCUT2D eigenvalue weighted by molar-refractivity contribution is 0.414. The number of nitrogens with one attached hydrogen (secondary N) is 1. The van der Waals surface area contributed by atoms with Crippen LogP contribution in [0.1, 0.15) is 11.1 Å². The van der Waals surface area contributed by atoms with E-state index in [1.165, 1.54) is 5.56 Å². The number of anilines is 1. The summed E-state index contributed by atoms with van der Waals surface area (Å²) in [6.07, 6.45) is 1.93. The molecule has 1 N–H and O–H groups in total. The molecule has 0 aliphatic heterocycles. The van der Waals surface area contributed by atoms with Gasteiger partial charge in [0.1, 0.15) is 5.75 Å². The van der Waals surface area contributed by atoms with Gasteiger partial charge in [0.15, 0.2) is 0 Å². The Balaban J connectivity index is 2.06. The predicted molar refractivity (Wildman–Crippen MR) is 80.7 cm³/mol. The Morgan fingerprint density at radius 1 is 0.950 bits per heavy atom. The molecule has 0 spiro atoms. The van der Waals surface area contributed by atoms with Crippen molar-refractivity contribution < 1.29 is 13.2 Å². The number of methoxy groups -OCH3 is 1. The number of ether oxygens (including phenoxy) is 1. The molecule has 2 aromatic carbocycles. The van der Waals surface area contributed by atoms with E-state index in [9.17, 15) is 8.42 Å². The summed E-state index contributed by atoms with van der Waals surface area (Å²) in [7, 11) is -1.58. The van der Waals surface area contributed by atoms with E-state index < -0.39 is 10.0 Å². The van der Waals surface area contributed by atoms with E-state index >= 15 is 0 Å². The molecule has 0 atom stereocenters. The molecule has 0 fully saturated rings. The first kappa shape index (κ1) is 14.4. The van der Waals surface area contributed by atoms with E-state index in [1.54, 1.807) is 19.2 Å². The SMILES string of the molecule is COc1ccc(Cc2ccc(NS(C)(=O)=O)cc2)cc1. The lowest BCUT2D eigenvalue weighted by Gasteiger charge is -2.06. The Morgan fingerprint density at radius 2 is 1.45 bits per heavy atom. The van der Waals surface area contributed by atoms with Crippen molar-refractivity contribution in [3.05, 3.63) is 59.7 Å². The van der Waals surface area contributed by atoms with Crippen LogP contribution in [0.4, 0.5) is 5.69 Å². The lowest BCUT2D eigenvalue weighted by Crippen LogP contribution is -2.09. The lowest BCUT2D eigenvalue weighted by atomic mass is 10.0. The van der Waals surface area contributed by atoms with E-state index in [0.717, 1.165) is 24.0 Å². The van der Waals surface area contributed by atoms with Gasteiger partial charge in [-0.05, 0) is 41.8 Å². The van der Waals surface area contributed by atoms with Crippen molar-refractivity contribution >= 4 is 15.7 Å². The minimum absolute atomic E-state index is 0.575. The Labute approximate surface area is 119 Å². The fourth-order valence-corrected chi connectivity index (χ4v) is 2.45. The van der Waals surface area contributed by atoms with Crippen LogP contribution in [0.2, 0.25) is 0 Å². The molecule has 0 unspecified atom stereocenters. The largest absolute Gasteiger partial charge is 0.497 e. The molecule has 20 heavy (non-hydrogen) atoms. The van der Waals surface area contributed by atoms with Crippen molar-refractivity contribution in [1.29, 1.82) is 0 Å². The van der Waals surface area contributed by atoms with Gasteiger partial charge in [-0.15, -0.1) is 0 Å². The normalized spacial score (nSPS) is 11.1. The van der Waals surface area contributed by atoms with E-state index in [-0.39, 0.29) is 0 Å². The van der Waals surface area contributed by atoms with Gasteiger partial charge in [0, 0.05) is 5.69 Å². The van der Waals surface area contributed by atoms with Crippen LogP contribution in [0.15, 0.2) is 48.5 Å². The average molecular weight is 291 g/mol. The highest BCUT2D eigenvalue weighted by Crippen LogP contribution is 2.17. The van der Waals surface area contributed by atoms with Crippen LogP contribution in [0.25, 0.3) is 0 Å². The molecule has 0 aliphatic rings. The Morgan fingerprint density at radius 3 is 1.90 bits per heavy atom. The highest BCUT2D eigenvalue weighted by molar-refractivity contribution is 7.92. The summed E-state index contributed by atoms with van der Waals surface area (Å²) in [5.41, 5.74) is 2.87. The van der Waals surface area contributed by atoms with Gasteiger partial charge in [-0.25, -0.2) is 8.42 Å². The van der Waals surface area contributed by atoms with Crippen LogP contribution < -0.4 is 9.46 Å². The summed E-state index contributed by atoms with van der Waals surface area (Å²) in [6, 6.07) is 15.2. The fraction of sp³-hybridized carbons (Fsp3) is 0.200. The third-order valence-corrected chi connectivity index (χ3v) is 3.43. The van der Waals surface area contributed by atoms with Crippen LogP contribution in [0, 0.1) is 0 Å². The molecular weight excluding hydrogens is 274 g/mol. The number of benzene rings is 2. The van der Waals surface area contributed by atoms with Crippen molar-refractivity contribution in [3.8, 4) is 5.75 Å². The molecule has 4 nitrogen and oxygen atoms in total. The molecular formula is C15H17NO3S. The molecule has 0 aromatic heterocycles. The van der Waals surface area contributed by atoms with Crippen molar-refractivity contribution in [2.75, 3.05) is 18.1 Å². The van der Waals surface area contributed by atoms with Crippen LogP contribution in [0.5, 0.6) is 5.75 Å². The number of sulfonamides is 1. The van der Waals surface area contributed by atoms with Gasteiger partial charge in [0.2, 0.25) is 10.0 Å². The second kappa shape index (κ2) is 5.96. The molecule has 0 saturated heterocycles. The minimum Gasteiger partial charge on any atom is -0.497 e. The van der Waals surface area contributed by atoms with Crippen LogP contribution in [0.3, 0.4) is 0 Å². The van der Waals surface area contributed by atoms with Gasteiger partial charge >= 0.3 is 0 Å². The summed E-state index contributed by atoms with van der Waals surface area (Å²) < 4.78 is 29.8. The maximum atomic E-state index is 11.1. The van der Waals surface area contributed by atoms with Crippen molar-refractivity contribution in [2.24, 2.45) is 0 Å². The highest BCUT2D eigenvalue weighted by Gasteiger charge is 2.02. The van der Waals surface area contributed by atoms with E-state index in [0.29, 0.717) is 5.69 Å². The van der Waals surface area contributed by atoms with E-state index in [2.05, 4.69) is 4.72 Å². The molecule has 0 saturated carbocycles. The fourth-order valence-electron chi connectivity index (χ4n) is 1.88. The third-order valence-electron chi connectivity index (χ3n) is 2.82. The first-order chi connectivity index (χ1) is 9.46. The third kappa shape index (κ3) is 4.28. The maximum absolute atomic E-state index is 11.1. The maximum Gasteiger partial charge on any atom is 0.229 e. The standard InChI is InChI=1S/C15H17NO3S/c1-19-15-9-5-13(6-10-15)11-12-3-7-14(8-4-12)16-20(2,17)18/h3-10,16H,11H2,1-2H3. The predicted octanol–water partition coefficient (Wildman–Crippen LogP) is 2.66. The summed E-state index contributed by atoms with van der Waals surface area (Å²) in [5, 5.41) is 0. The summed E-state index contributed by atoms with van der Waals surface area (Å²) >= 11 is 0. The van der Waals surface area contributed by atoms with E-state index in [1.807, 2.05) is 36.4 Å². The van der Waals surface area contributed by atoms with Crippen LogP contribution in [-0.2, 0) is 16.4 Å². The Kier molecular flexibility index (Phi) is 4.29. The summed E-state index contributed by atoms with van der Waals surface area (Å²) in [6.45, 7) is 0. The molecule has 2 rings (SSSR count). The number of hydrogen-bond acceptors (Lipinski definition) is 3. The highest BCUT2D eigenvalue weighted by atomic mass is 32.2. The van der Waals surface area contributed by atoms with Crippen LogP contribution in [-0.4, -0.2) is 21.8 Å². The Hall–Kier alpha value is -2.01. The summed E-state index contributed by atoms with van der Waals surface area (Å²) in [5.74, 6) is 0.835. The minimum atomic E-state index is -3.22. The van der Waals surface area contributed by atoms with E-state index in [4.69, 9.17) is 4.74 Å². The smallest absolute Gasteiger partial charge is 0.229 e. The zero-order chi connectivity index (χ0) is 14.6. The summed E-state index contributed by atoms with van der Waals surface area (Å²) in [4.78, 5) is 0. The average Bonchev–Trinajstić information content (AvgIpc) is 2.40. The van der Waals surface area contributed by atoms with Crippen molar-refractivity contribution in [2.45, 2.75) is 6.42 Å². The molecule has 106 valence electrons. The number of hydrogen-bond donors (Lipinski definition) is 1. The first-order valence-corrected chi connectivity index (χ1v) is 8.05. The molecule has 5 heteroatoms. The van der Waals surface area contributed by atoms with Crippen LogP contribution >= 0.6 is 0 Å². The zero-order valence-corrected chi connectivity index (χ0v) is 12.3. The topological polar surface area (TPSA) is 55.4 Å². The zero-order valence-electron chi connectivity index (χ0n) is 11.5. The second-order valence-corrected chi connectivity index (χ2v) is 6.34. The first-order valence-electron chi connectivity index (χ1n) is 6.16. The van der Waals surface area contributed by atoms with Gasteiger partial charge in [-0.3, -0.25) is 4.72 Å². The van der Waals surface area contributed by atoms with Crippen molar-refractivity contribution in [1.82, 2.24) is 0 Å². The van der Waals surface area contributed by atoms with Gasteiger partial charge in [0.05, 0.1) is 13.4 Å².